The molecule has 1 saturated heterocycles. The highest BCUT2D eigenvalue weighted by Crippen LogP contribution is 2.25. The van der Waals surface area contributed by atoms with Gasteiger partial charge in [-0.2, -0.15) is 0 Å². The predicted octanol–water partition coefficient (Wildman–Crippen LogP) is 3.26. The van der Waals surface area contributed by atoms with E-state index in [2.05, 4.69) is 10.1 Å². The molecule has 0 N–H and O–H groups in total. The smallest absolute Gasteiger partial charge is 0.271 e. The zero-order valence-corrected chi connectivity index (χ0v) is 17.2. The molecule has 1 aliphatic heterocycles. The molecule has 30 heavy (non-hydrogen) atoms. The average molecular weight is 409 g/mol. The van der Waals surface area contributed by atoms with E-state index in [0.29, 0.717) is 43.3 Å². The number of piperazine rings is 1. The highest BCUT2D eigenvalue weighted by molar-refractivity contribution is 5.96. The molecule has 0 bridgehead atoms. The second kappa shape index (κ2) is 7.66. The molecule has 1 aliphatic rings. The van der Waals surface area contributed by atoms with Crippen LogP contribution in [0.25, 0.3) is 5.82 Å². The summed E-state index contributed by atoms with van der Waals surface area (Å²) in [6.45, 7) is 8.01. The third kappa shape index (κ3) is 3.54. The molecule has 9 heteroatoms. The first-order chi connectivity index (χ1) is 14.3. The van der Waals surface area contributed by atoms with Crippen LogP contribution < -0.4 is 4.90 Å². The van der Waals surface area contributed by atoms with Crippen LogP contribution in [0, 0.1) is 30.9 Å². The van der Waals surface area contributed by atoms with Crippen LogP contribution in [-0.2, 0) is 0 Å². The van der Waals surface area contributed by atoms with Gasteiger partial charge in [-0.1, -0.05) is 11.2 Å². The van der Waals surface area contributed by atoms with Gasteiger partial charge >= 0.3 is 0 Å². The number of carbonyl (C=O) groups is 1. The monoisotopic (exact) mass is 409 g/mol. The summed E-state index contributed by atoms with van der Waals surface area (Å²) in [6, 6.07) is 10.3. The molecule has 4 rings (SSSR count). The van der Waals surface area contributed by atoms with Crippen molar-refractivity contribution in [1.82, 2.24) is 14.6 Å². The Bertz CT molecular complexity index is 1110. The summed E-state index contributed by atoms with van der Waals surface area (Å²) in [7, 11) is 0. The normalized spacial score (nSPS) is 14.2. The molecular weight excluding hydrogens is 386 g/mol. The SMILES string of the molecule is Cc1cc(-n2c(C)cc(C(=O)N3CCN(c4cccc([N+](=O)[O-])c4)CC3)c2C)no1. The van der Waals surface area contributed by atoms with Crippen LogP contribution in [-0.4, -0.2) is 51.6 Å². The fourth-order valence-corrected chi connectivity index (χ4v) is 3.93. The Morgan fingerprint density at radius 1 is 1.10 bits per heavy atom. The summed E-state index contributed by atoms with van der Waals surface area (Å²) in [4.78, 5) is 27.7. The van der Waals surface area contributed by atoms with Gasteiger partial charge in [0.1, 0.15) is 5.76 Å². The summed E-state index contributed by atoms with van der Waals surface area (Å²) in [6.07, 6.45) is 0. The number of amides is 1. The lowest BCUT2D eigenvalue weighted by molar-refractivity contribution is -0.384. The molecule has 1 amide bonds. The maximum absolute atomic E-state index is 13.2. The Kier molecular flexibility index (Phi) is 5.03. The lowest BCUT2D eigenvalue weighted by Crippen LogP contribution is -2.48. The lowest BCUT2D eigenvalue weighted by Gasteiger charge is -2.36. The van der Waals surface area contributed by atoms with Gasteiger partial charge in [-0.25, -0.2) is 0 Å². The molecule has 0 saturated carbocycles. The van der Waals surface area contributed by atoms with Crippen LogP contribution in [0.1, 0.15) is 27.5 Å². The van der Waals surface area contributed by atoms with E-state index in [4.69, 9.17) is 4.52 Å². The van der Waals surface area contributed by atoms with Crippen molar-refractivity contribution in [3.05, 3.63) is 69.2 Å². The van der Waals surface area contributed by atoms with Crippen molar-refractivity contribution in [2.75, 3.05) is 31.1 Å². The van der Waals surface area contributed by atoms with Gasteiger partial charge in [0, 0.05) is 61.5 Å². The number of non-ortho nitro benzene ring substituents is 1. The topological polar surface area (TPSA) is 97.7 Å². The van der Waals surface area contributed by atoms with Gasteiger partial charge in [-0.3, -0.25) is 19.5 Å². The molecule has 0 unspecified atom stereocenters. The number of hydrogen-bond acceptors (Lipinski definition) is 6. The summed E-state index contributed by atoms with van der Waals surface area (Å²) in [5, 5.41) is 15.1. The molecule has 0 atom stereocenters. The number of hydrogen-bond donors (Lipinski definition) is 0. The number of nitrogens with zero attached hydrogens (tertiary/aromatic N) is 5. The van der Waals surface area contributed by atoms with Gasteiger partial charge in [-0.15, -0.1) is 0 Å². The van der Waals surface area contributed by atoms with E-state index in [1.54, 1.807) is 12.1 Å². The Morgan fingerprint density at radius 2 is 1.83 bits per heavy atom. The van der Waals surface area contributed by atoms with Crippen LogP contribution in [0.3, 0.4) is 0 Å². The van der Waals surface area contributed by atoms with Gasteiger partial charge in [0.2, 0.25) is 0 Å². The van der Waals surface area contributed by atoms with Crippen molar-refractivity contribution in [2.45, 2.75) is 20.8 Å². The van der Waals surface area contributed by atoms with Crippen LogP contribution in [0.5, 0.6) is 0 Å². The van der Waals surface area contributed by atoms with E-state index in [9.17, 15) is 14.9 Å². The van der Waals surface area contributed by atoms with Crippen molar-refractivity contribution < 1.29 is 14.2 Å². The van der Waals surface area contributed by atoms with Gasteiger partial charge < -0.3 is 14.3 Å². The largest absolute Gasteiger partial charge is 0.368 e. The van der Waals surface area contributed by atoms with Gasteiger partial charge in [-0.05, 0) is 32.9 Å². The minimum Gasteiger partial charge on any atom is -0.368 e. The number of aryl methyl sites for hydroxylation is 2. The fourth-order valence-electron chi connectivity index (χ4n) is 3.93. The minimum atomic E-state index is -0.393. The summed E-state index contributed by atoms with van der Waals surface area (Å²) in [5.74, 6) is 1.35. The fraction of sp³-hybridized carbons (Fsp3) is 0.333. The van der Waals surface area contributed by atoms with Gasteiger partial charge in [0.15, 0.2) is 5.82 Å². The minimum absolute atomic E-state index is 0.0201. The zero-order chi connectivity index (χ0) is 21.4. The molecule has 2 aromatic heterocycles. The highest BCUT2D eigenvalue weighted by atomic mass is 16.6. The molecular formula is C21H23N5O4. The molecule has 0 spiro atoms. The molecule has 9 nitrogen and oxygen atoms in total. The highest BCUT2D eigenvalue weighted by Gasteiger charge is 2.26. The van der Waals surface area contributed by atoms with Crippen LogP contribution in [0.2, 0.25) is 0 Å². The molecule has 1 fully saturated rings. The molecule has 3 aromatic rings. The number of aromatic nitrogens is 2. The predicted molar refractivity (Wildman–Crippen MR) is 111 cm³/mol. The maximum Gasteiger partial charge on any atom is 0.271 e. The Morgan fingerprint density at radius 3 is 2.47 bits per heavy atom. The number of rotatable bonds is 4. The summed E-state index contributed by atoms with van der Waals surface area (Å²) >= 11 is 0. The van der Waals surface area contributed by atoms with Gasteiger partial charge in [0.25, 0.3) is 11.6 Å². The van der Waals surface area contributed by atoms with Gasteiger partial charge in [0.05, 0.1) is 10.5 Å². The van der Waals surface area contributed by atoms with Crippen molar-refractivity contribution >= 4 is 17.3 Å². The Balaban J connectivity index is 1.49. The first-order valence-corrected chi connectivity index (χ1v) is 9.76. The Hall–Kier alpha value is -3.62. The van der Waals surface area contributed by atoms with E-state index in [0.717, 1.165) is 17.1 Å². The van der Waals surface area contributed by atoms with Crippen molar-refractivity contribution in [2.24, 2.45) is 0 Å². The average Bonchev–Trinajstić information content (AvgIpc) is 3.29. The number of anilines is 1. The van der Waals surface area contributed by atoms with E-state index in [-0.39, 0.29) is 11.6 Å². The van der Waals surface area contributed by atoms with E-state index < -0.39 is 4.92 Å². The van der Waals surface area contributed by atoms with Crippen LogP contribution >= 0.6 is 0 Å². The molecule has 0 radical (unpaired) electrons. The second-order valence-electron chi connectivity index (χ2n) is 7.47. The quantitative estimate of drug-likeness (QED) is 0.485. The molecule has 3 heterocycles. The third-order valence-electron chi connectivity index (χ3n) is 5.48. The van der Waals surface area contributed by atoms with E-state index in [1.807, 2.05) is 48.4 Å². The third-order valence-corrected chi connectivity index (χ3v) is 5.48. The second-order valence-corrected chi connectivity index (χ2v) is 7.47. The van der Waals surface area contributed by atoms with Crippen LogP contribution in [0.4, 0.5) is 11.4 Å². The van der Waals surface area contributed by atoms with Crippen molar-refractivity contribution in [3.8, 4) is 5.82 Å². The van der Waals surface area contributed by atoms with E-state index in [1.165, 1.54) is 6.07 Å². The molecule has 1 aromatic carbocycles. The number of nitro benzene ring substituents is 1. The van der Waals surface area contributed by atoms with Crippen LogP contribution in [0.15, 0.2) is 40.9 Å². The lowest BCUT2D eigenvalue weighted by atomic mass is 10.2. The summed E-state index contributed by atoms with van der Waals surface area (Å²) < 4.78 is 7.10. The zero-order valence-electron chi connectivity index (χ0n) is 17.2. The molecule has 0 aliphatic carbocycles. The number of benzene rings is 1. The maximum atomic E-state index is 13.2. The van der Waals surface area contributed by atoms with Crippen molar-refractivity contribution in [1.29, 1.82) is 0 Å². The first kappa shape index (κ1) is 19.7. The number of nitro groups is 1. The molecule has 156 valence electrons. The van der Waals surface area contributed by atoms with E-state index >= 15 is 0 Å². The van der Waals surface area contributed by atoms with Crippen molar-refractivity contribution in [3.63, 3.8) is 0 Å². The standard InChI is InChI=1S/C21H23N5O4/c1-14-11-19(16(3)25(14)20-12-15(2)30-22-20)21(27)24-9-7-23(8-10-24)17-5-4-6-18(13-17)26(28)29/h4-6,11-13H,7-10H2,1-3H3. The number of carbonyl (C=O) groups excluding carboxylic acids is 1. The Labute approximate surface area is 173 Å². The first-order valence-electron chi connectivity index (χ1n) is 9.76. The summed E-state index contributed by atoms with van der Waals surface area (Å²) in [5.41, 5.74) is 3.26.